The highest BCUT2D eigenvalue weighted by atomic mass is 16.7. The summed E-state index contributed by atoms with van der Waals surface area (Å²) >= 11 is 0. The van der Waals surface area contributed by atoms with Gasteiger partial charge in [0.05, 0.1) is 45.3 Å². The highest BCUT2D eigenvalue weighted by Crippen LogP contribution is 2.33. The number of methoxy groups -OCH3 is 2. The van der Waals surface area contributed by atoms with Crippen molar-refractivity contribution in [1.29, 1.82) is 0 Å². The Hall–Kier alpha value is -4.65. The third-order valence-electron chi connectivity index (χ3n) is 6.81. The van der Waals surface area contributed by atoms with Crippen molar-refractivity contribution in [2.45, 2.75) is 66.0 Å². The lowest BCUT2D eigenvalue weighted by atomic mass is 9.83. The Kier molecular flexibility index (Phi) is 32.1. The van der Waals surface area contributed by atoms with Gasteiger partial charge in [0.2, 0.25) is 23.6 Å². The van der Waals surface area contributed by atoms with E-state index in [2.05, 4.69) is 30.7 Å². The van der Waals surface area contributed by atoms with Gasteiger partial charge in [-0.05, 0) is 18.1 Å². The lowest BCUT2D eigenvalue weighted by Gasteiger charge is -2.43. The van der Waals surface area contributed by atoms with E-state index < -0.39 is 24.5 Å². The fourth-order valence-corrected chi connectivity index (χ4v) is 3.65. The second-order valence-corrected chi connectivity index (χ2v) is 10.6. The molecule has 1 heterocycles. The molecule has 1 fully saturated rings. The highest BCUT2D eigenvalue weighted by molar-refractivity contribution is 5.89. The SMILES string of the molecule is CNC(=O)CO[C@@H]1OC(CO)[C@H](C)[C@H](C)C1OC(=O)c1ccccc1.CNC(C)=O.CO.COC(=O)CCNC(C)=O.COC(=O)CCNC(C)=O. The van der Waals surface area contributed by atoms with Gasteiger partial charge in [0.15, 0.2) is 12.4 Å². The first-order valence-electron chi connectivity index (χ1n) is 16.2. The van der Waals surface area contributed by atoms with E-state index in [-0.39, 0.29) is 73.5 Å². The summed E-state index contributed by atoms with van der Waals surface area (Å²) in [6, 6.07) is 8.64. The summed E-state index contributed by atoms with van der Waals surface area (Å²) in [6.45, 7) is 8.40. The number of likely N-dealkylation sites (N-methyl/N-ethyl adjacent to an activating group) is 1. The predicted octanol–water partition coefficient (Wildman–Crippen LogP) is -0.304. The number of ether oxygens (including phenoxy) is 5. The van der Waals surface area contributed by atoms with E-state index in [0.717, 1.165) is 7.11 Å². The lowest BCUT2D eigenvalue weighted by Crippen LogP contribution is -2.53. The van der Waals surface area contributed by atoms with Crippen LogP contribution in [0.15, 0.2) is 30.3 Å². The van der Waals surface area contributed by atoms with Crippen LogP contribution in [-0.2, 0) is 52.5 Å². The molecule has 1 aliphatic heterocycles. The van der Waals surface area contributed by atoms with Gasteiger partial charge in [-0.15, -0.1) is 0 Å². The Labute approximate surface area is 305 Å². The standard InChI is InChI=1S/C18H25NO6.2C6H11NO3.C3H7NO.CH4O/c1-11-12(2)16(25-17(22)13-7-5-4-6-8-13)18(24-14(11)9-20)23-10-15(21)19-3;2*1-5(8)7-4-3-6(9)10-2;1-3(5)4-2;1-2/h4-8,11-12,14,16,18,20H,9-10H2,1-3H3,(H,19,21);2*3-4H2,1-2H3,(H,7,8);1-2H3,(H,4,5);2H,1H3/t11-,12+,14?,16?,18-;;;;/m1..../s1. The Bertz CT molecular complexity index is 1150. The Morgan fingerprint density at radius 1 is 0.750 bits per heavy atom. The van der Waals surface area contributed by atoms with Gasteiger partial charge in [-0.2, -0.15) is 0 Å². The van der Waals surface area contributed by atoms with E-state index in [4.69, 9.17) is 19.3 Å². The van der Waals surface area contributed by atoms with Crippen molar-refractivity contribution >= 4 is 41.5 Å². The van der Waals surface area contributed by atoms with Gasteiger partial charge in [-0.3, -0.25) is 28.8 Å². The first kappa shape index (κ1) is 51.7. The summed E-state index contributed by atoms with van der Waals surface area (Å²) in [5.74, 6) is -1.85. The second-order valence-electron chi connectivity index (χ2n) is 10.6. The van der Waals surface area contributed by atoms with Crippen molar-refractivity contribution in [1.82, 2.24) is 21.3 Å². The smallest absolute Gasteiger partial charge is 0.338 e. The zero-order chi connectivity index (χ0) is 40.6. The Morgan fingerprint density at radius 3 is 1.58 bits per heavy atom. The largest absolute Gasteiger partial charge is 0.469 e. The van der Waals surface area contributed by atoms with Gasteiger partial charge in [0.25, 0.3) is 0 Å². The fraction of sp³-hybridized carbons (Fsp3) is 0.618. The maximum Gasteiger partial charge on any atom is 0.338 e. The Morgan fingerprint density at radius 2 is 1.21 bits per heavy atom. The van der Waals surface area contributed by atoms with E-state index in [0.29, 0.717) is 18.7 Å². The maximum absolute atomic E-state index is 12.4. The highest BCUT2D eigenvalue weighted by Gasteiger charge is 2.44. The zero-order valence-corrected chi connectivity index (χ0v) is 31.8. The molecule has 6 N–H and O–H groups in total. The molecule has 0 spiro atoms. The lowest BCUT2D eigenvalue weighted by molar-refractivity contribution is -0.272. The first-order chi connectivity index (χ1) is 24.6. The number of aliphatic hydroxyl groups is 2. The number of benzene rings is 1. The molecule has 1 aromatic carbocycles. The van der Waals surface area contributed by atoms with Crippen LogP contribution in [0.1, 0.15) is 57.8 Å². The number of nitrogens with one attached hydrogen (secondary N) is 4. The molecule has 0 aliphatic carbocycles. The molecule has 298 valence electrons. The van der Waals surface area contributed by atoms with Gasteiger partial charge < -0.3 is 55.2 Å². The summed E-state index contributed by atoms with van der Waals surface area (Å²) in [5, 5.41) is 26.3. The minimum Gasteiger partial charge on any atom is -0.469 e. The number of aliphatic hydroxyl groups excluding tert-OH is 2. The van der Waals surface area contributed by atoms with Crippen molar-refractivity contribution in [2.75, 3.05) is 61.7 Å². The Balaban J connectivity index is -0.000000733. The molecule has 5 atom stereocenters. The van der Waals surface area contributed by atoms with Crippen LogP contribution >= 0.6 is 0 Å². The summed E-state index contributed by atoms with van der Waals surface area (Å²) in [7, 11) is 6.73. The molecule has 1 saturated heterocycles. The van der Waals surface area contributed by atoms with Crippen LogP contribution in [0.5, 0.6) is 0 Å². The van der Waals surface area contributed by atoms with E-state index in [1.165, 1.54) is 42.0 Å². The van der Waals surface area contributed by atoms with E-state index in [1.807, 2.05) is 19.9 Å². The minimum atomic E-state index is -0.923. The molecule has 18 nitrogen and oxygen atoms in total. The summed E-state index contributed by atoms with van der Waals surface area (Å²) in [6.07, 6.45) is -1.59. The molecule has 52 heavy (non-hydrogen) atoms. The number of carbonyl (C=O) groups is 7. The number of rotatable bonds is 12. The quantitative estimate of drug-likeness (QED) is 0.119. The van der Waals surface area contributed by atoms with Crippen LogP contribution < -0.4 is 21.3 Å². The number of carbonyl (C=O) groups excluding carboxylic acids is 7. The fourth-order valence-electron chi connectivity index (χ4n) is 3.65. The van der Waals surface area contributed by atoms with Crippen LogP contribution in [0, 0.1) is 11.8 Å². The predicted molar refractivity (Wildman–Crippen MR) is 188 cm³/mol. The van der Waals surface area contributed by atoms with Crippen LogP contribution in [0.3, 0.4) is 0 Å². The van der Waals surface area contributed by atoms with E-state index in [1.54, 1.807) is 31.3 Å². The van der Waals surface area contributed by atoms with Crippen molar-refractivity contribution in [3.05, 3.63) is 35.9 Å². The molecule has 1 aliphatic rings. The maximum atomic E-state index is 12.4. The van der Waals surface area contributed by atoms with Gasteiger partial charge in [0, 0.05) is 61.0 Å². The number of esters is 3. The van der Waals surface area contributed by atoms with Gasteiger partial charge in [-0.25, -0.2) is 4.79 Å². The molecule has 18 heteroatoms. The topological polar surface area (TPSA) is 254 Å². The third kappa shape index (κ3) is 26.2. The molecule has 0 saturated carbocycles. The minimum absolute atomic E-state index is 0.00463. The molecule has 0 radical (unpaired) electrons. The monoisotopic (exact) mass is 746 g/mol. The van der Waals surface area contributed by atoms with E-state index >= 15 is 0 Å². The molecule has 0 aromatic heterocycles. The summed E-state index contributed by atoms with van der Waals surface area (Å²) in [5.41, 5.74) is 0.427. The van der Waals surface area contributed by atoms with E-state index in [9.17, 15) is 38.7 Å². The van der Waals surface area contributed by atoms with Gasteiger partial charge in [-0.1, -0.05) is 32.0 Å². The number of hydrogen-bond donors (Lipinski definition) is 6. The van der Waals surface area contributed by atoms with Crippen LogP contribution in [0.25, 0.3) is 0 Å². The van der Waals surface area contributed by atoms with Crippen LogP contribution in [-0.4, -0.2) is 132 Å². The number of amides is 4. The van der Waals surface area contributed by atoms with Crippen molar-refractivity contribution in [2.24, 2.45) is 11.8 Å². The second kappa shape index (κ2) is 32.3. The van der Waals surface area contributed by atoms with Crippen molar-refractivity contribution in [3.8, 4) is 0 Å². The number of hydrogen-bond acceptors (Lipinski definition) is 14. The van der Waals surface area contributed by atoms with Crippen LogP contribution in [0.4, 0.5) is 0 Å². The summed E-state index contributed by atoms with van der Waals surface area (Å²) < 4.78 is 25.6. The first-order valence-corrected chi connectivity index (χ1v) is 16.2. The molecule has 2 unspecified atom stereocenters. The molecular weight excluding hydrogens is 688 g/mol. The average Bonchev–Trinajstić information content (AvgIpc) is 3.14. The summed E-state index contributed by atoms with van der Waals surface area (Å²) in [4.78, 5) is 74.9. The molecule has 2 rings (SSSR count). The third-order valence-corrected chi connectivity index (χ3v) is 6.81. The molecule has 0 bridgehead atoms. The van der Waals surface area contributed by atoms with Crippen molar-refractivity contribution in [3.63, 3.8) is 0 Å². The molecule has 4 amide bonds. The van der Waals surface area contributed by atoms with Gasteiger partial charge >= 0.3 is 17.9 Å². The molecular formula is C34H58N4O14. The van der Waals surface area contributed by atoms with Crippen LogP contribution in [0.2, 0.25) is 0 Å². The van der Waals surface area contributed by atoms with Crippen molar-refractivity contribution < 1.29 is 67.5 Å². The zero-order valence-electron chi connectivity index (χ0n) is 31.8. The normalized spacial score (nSPS) is 18.0. The average molecular weight is 747 g/mol. The molecule has 1 aromatic rings. The van der Waals surface area contributed by atoms with Gasteiger partial charge in [0.1, 0.15) is 6.61 Å².